The van der Waals surface area contributed by atoms with Crippen molar-refractivity contribution in [3.63, 3.8) is 0 Å². The number of anilines is 1. The van der Waals surface area contributed by atoms with E-state index in [-0.39, 0.29) is 11.3 Å². The Kier molecular flexibility index (Phi) is 3.75. The molecule has 0 spiro atoms. The lowest BCUT2D eigenvalue weighted by Gasteiger charge is -2.08. The Labute approximate surface area is 110 Å². The Morgan fingerprint density at radius 1 is 1.42 bits per heavy atom. The van der Waals surface area contributed by atoms with Crippen molar-refractivity contribution in [3.05, 3.63) is 59.2 Å². The van der Waals surface area contributed by atoms with E-state index in [0.29, 0.717) is 6.54 Å². The van der Waals surface area contributed by atoms with Crippen molar-refractivity contribution in [1.82, 2.24) is 10.3 Å². The number of rotatable bonds is 3. The zero-order valence-corrected chi connectivity index (χ0v) is 10.5. The second kappa shape index (κ2) is 5.48. The molecule has 0 radical (unpaired) electrons. The van der Waals surface area contributed by atoms with Crippen LogP contribution in [0.15, 0.2) is 36.7 Å². The minimum absolute atomic E-state index is 0.0178. The Morgan fingerprint density at radius 2 is 2.21 bits per heavy atom. The van der Waals surface area contributed by atoms with Crippen molar-refractivity contribution in [1.29, 1.82) is 0 Å². The number of hydrogen-bond donors (Lipinski definition) is 2. The van der Waals surface area contributed by atoms with Gasteiger partial charge in [-0.15, -0.1) is 0 Å². The van der Waals surface area contributed by atoms with E-state index < -0.39 is 11.7 Å². The number of nitrogen functional groups attached to an aromatic ring is 1. The smallest absolute Gasteiger partial charge is 0.254 e. The zero-order chi connectivity index (χ0) is 13.8. The first-order valence-corrected chi connectivity index (χ1v) is 5.80. The molecule has 3 N–H and O–H groups in total. The lowest BCUT2D eigenvalue weighted by molar-refractivity contribution is 0.0947. The van der Waals surface area contributed by atoms with E-state index in [1.165, 1.54) is 12.1 Å². The lowest BCUT2D eigenvalue weighted by Crippen LogP contribution is -2.24. The number of carbonyl (C=O) groups excluding carboxylic acids is 1. The van der Waals surface area contributed by atoms with E-state index in [2.05, 4.69) is 10.3 Å². The maximum absolute atomic E-state index is 13.6. The molecule has 1 heterocycles. The topological polar surface area (TPSA) is 68.0 Å². The summed E-state index contributed by atoms with van der Waals surface area (Å²) in [7, 11) is 0. The van der Waals surface area contributed by atoms with Gasteiger partial charge in [-0.05, 0) is 42.3 Å². The normalized spacial score (nSPS) is 10.2. The Balaban J connectivity index is 2.08. The summed E-state index contributed by atoms with van der Waals surface area (Å²) in [6.07, 6.45) is 3.36. The van der Waals surface area contributed by atoms with Crippen LogP contribution in [0.4, 0.5) is 10.1 Å². The van der Waals surface area contributed by atoms with Crippen LogP contribution in [0.3, 0.4) is 0 Å². The fourth-order valence-electron chi connectivity index (χ4n) is 1.67. The van der Waals surface area contributed by atoms with Crippen LogP contribution in [-0.2, 0) is 6.54 Å². The molecule has 0 saturated carbocycles. The molecular formula is C14H14FN3O. The molecule has 0 saturated heterocycles. The number of aromatic nitrogens is 1. The third-order valence-corrected chi connectivity index (χ3v) is 2.82. The third-order valence-electron chi connectivity index (χ3n) is 2.82. The van der Waals surface area contributed by atoms with Crippen molar-refractivity contribution in [3.8, 4) is 0 Å². The van der Waals surface area contributed by atoms with E-state index >= 15 is 0 Å². The largest absolute Gasteiger partial charge is 0.399 e. The summed E-state index contributed by atoms with van der Waals surface area (Å²) in [4.78, 5) is 15.8. The number of benzene rings is 1. The van der Waals surface area contributed by atoms with Gasteiger partial charge in [-0.3, -0.25) is 9.78 Å². The predicted molar refractivity (Wildman–Crippen MR) is 71.0 cm³/mol. The Bertz CT molecular complexity index is 613. The van der Waals surface area contributed by atoms with Crippen LogP contribution in [0.1, 0.15) is 21.5 Å². The van der Waals surface area contributed by atoms with Gasteiger partial charge in [0.1, 0.15) is 5.82 Å². The van der Waals surface area contributed by atoms with Gasteiger partial charge in [-0.1, -0.05) is 0 Å². The number of nitrogens with two attached hydrogens (primary N) is 1. The number of aryl methyl sites for hydroxylation is 1. The number of nitrogens with zero attached hydrogens (tertiary/aromatic N) is 1. The molecule has 4 nitrogen and oxygen atoms in total. The maximum Gasteiger partial charge on any atom is 0.254 e. The van der Waals surface area contributed by atoms with Crippen molar-refractivity contribution in [2.45, 2.75) is 13.5 Å². The zero-order valence-electron chi connectivity index (χ0n) is 10.5. The summed E-state index contributed by atoms with van der Waals surface area (Å²) in [5.41, 5.74) is 7.62. The Hall–Kier alpha value is -2.43. The number of carbonyl (C=O) groups is 1. The summed E-state index contributed by atoms with van der Waals surface area (Å²) in [6, 6.07) is 5.85. The summed E-state index contributed by atoms with van der Waals surface area (Å²) in [6.45, 7) is 2.23. The highest BCUT2D eigenvalue weighted by Crippen LogP contribution is 2.12. The van der Waals surface area contributed by atoms with Gasteiger partial charge in [0, 0.05) is 24.6 Å². The quantitative estimate of drug-likeness (QED) is 0.829. The number of halogens is 1. The van der Waals surface area contributed by atoms with Crippen LogP contribution < -0.4 is 11.1 Å². The molecule has 0 aliphatic carbocycles. The molecule has 0 unspecified atom stereocenters. The van der Waals surface area contributed by atoms with Gasteiger partial charge in [-0.25, -0.2) is 4.39 Å². The highest BCUT2D eigenvalue weighted by atomic mass is 19.1. The minimum atomic E-state index is -0.625. The lowest BCUT2D eigenvalue weighted by atomic mass is 10.1. The number of amides is 1. The SMILES string of the molecule is Cc1ccncc1CNC(=O)c1ccc(N)cc1F. The van der Waals surface area contributed by atoms with Crippen molar-refractivity contribution >= 4 is 11.6 Å². The van der Waals surface area contributed by atoms with Crippen LogP contribution in [-0.4, -0.2) is 10.9 Å². The molecule has 2 aromatic rings. The first kappa shape index (κ1) is 13.0. The molecule has 0 fully saturated rings. The third kappa shape index (κ3) is 3.07. The van der Waals surface area contributed by atoms with Crippen LogP contribution >= 0.6 is 0 Å². The molecule has 0 aliphatic heterocycles. The van der Waals surface area contributed by atoms with Crippen molar-refractivity contribution in [2.24, 2.45) is 0 Å². The van der Waals surface area contributed by atoms with Gasteiger partial charge >= 0.3 is 0 Å². The molecule has 1 amide bonds. The number of pyridine rings is 1. The van der Waals surface area contributed by atoms with Crippen molar-refractivity contribution in [2.75, 3.05) is 5.73 Å². The van der Waals surface area contributed by atoms with Crippen molar-refractivity contribution < 1.29 is 9.18 Å². The van der Waals surface area contributed by atoms with Gasteiger partial charge in [0.15, 0.2) is 0 Å². The molecule has 0 aliphatic rings. The second-order valence-electron chi connectivity index (χ2n) is 4.22. The summed E-state index contributed by atoms with van der Waals surface area (Å²) in [5, 5.41) is 2.66. The van der Waals surface area contributed by atoms with Crippen LogP contribution in [0, 0.1) is 12.7 Å². The molecule has 1 aromatic carbocycles. The fraction of sp³-hybridized carbons (Fsp3) is 0.143. The van der Waals surface area contributed by atoms with Gasteiger partial charge < -0.3 is 11.1 Å². The summed E-state index contributed by atoms with van der Waals surface area (Å²) in [5.74, 6) is -1.10. The van der Waals surface area contributed by atoms with Gasteiger partial charge in [0.05, 0.1) is 5.56 Å². The monoisotopic (exact) mass is 259 g/mol. The fourth-order valence-corrected chi connectivity index (χ4v) is 1.67. The highest BCUT2D eigenvalue weighted by molar-refractivity contribution is 5.94. The standard InChI is InChI=1S/C14H14FN3O/c1-9-4-5-17-7-10(9)8-18-14(19)12-3-2-11(16)6-13(12)15/h2-7H,8,16H2,1H3,(H,18,19). The average molecular weight is 259 g/mol. The van der Waals surface area contributed by atoms with E-state index in [1.807, 2.05) is 13.0 Å². The molecule has 0 atom stereocenters. The van der Waals surface area contributed by atoms with Gasteiger partial charge in [0.25, 0.3) is 5.91 Å². The van der Waals surface area contributed by atoms with E-state index in [0.717, 1.165) is 17.2 Å². The predicted octanol–water partition coefficient (Wildman–Crippen LogP) is 2.04. The molecule has 2 rings (SSSR count). The molecular weight excluding hydrogens is 245 g/mol. The molecule has 98 valence electrons. The summed E-state index contributed by atoms with van der Waals surface area (Å²) >= 11 is 0. The van der Waals surface area contributed by atoms with E-state index in [4.69, 9.17) is 5.73 Å². The summed E-state index contributed by atoms with van der Waals surface area (Å²) < 4.78 is 13.6. The van der Waals surface area contributed by atoms with E-state index in [9.17, 15) is 9.18 Å². The van der Waals surface area contributed by atoms with Gasteiger partial charge in [-0.2, -0.15) is 0 Å². The molecule has 5 heteroatoms. The van der Waals surface area contributed by atoms with Crippen LogP contribution in [0.5, 0.6) is 0 Å². The number of hydrogen-bond acceptors (Lipinski definition) is 3. The maximum atomic E-state index is 13.6. The average Bonchev–Trinajstić information content (AvgIpc) is 2.37. The van der Waals surface area contributed by atoms with Crippen LogP contribution in [0.25, 0.3) is 0 Å². The Morgan fingerprint density at radius 3 is 2.89 bits per heavy atom. The number of nitrogens with one attached hydrogen (secondary N) is 1. The van der Waals surface area contributed by atoms with Crippen LogP contribution in [0.2, 0.25) is 0 Å². The van der Waals surface area contributed by atoms with E-state index in [1.54, 1.807) is 12.4 Å². The first-order chi connectivity index (χ1) is 9.08. The molecule has 0 bridgehead atoms. The molecule has 19 heavy (non-hydrogen) atoms. The first-order valence-electron chi connectivity index (χ1n) is 5.80. The molecule has 1 aromatic heterocycles. The van der Waals surface area contributed by atoms with Gasteiger partial charge in [0.2, 0.25) is 0 Å². The second-order valence-corrected chi connectivity index (χ2v) is 4.22. The minimum Gasteiger partial charge on any atom is -0.399 e. The highest BCUT2D eigenvalue weighted by Gasteiger charge is 2.11.